The van der Waals surface area contributed by atoms with E-state index in [9.17, 15) is 0 Å². The third-order valence-corrected chi connectivity index (χ3v) is 5.19. The normalized spacial score (nSPS) is 35.5. The molecule has 1 saturated carbocycles. The molecule has 3 atom stereocenters. The van der Waals surface area contributed by atoms with Gasteiger partial charge in [0.15, 0.2) is 0 Å². The minimum Gasteiger partial charge on any atom is -0.377 e. The van der Waals surface area contributed by atoms with Crippen molar-refractivity contribution in [2.24, 2.45) is 5.41 Å². The third-order valence-electron chi connectivity index (χ3n) is 5.19. The van der Waals surface area contributed by atoms with Crippen molar-refractivity contribution in [1.82, 2.24) is 10.2 Å². The average molecular weight is 268 g/mol. The van der Waals surface area contributed by atoms with Gasteiger partial charge in [0.05, 0.1) is 6.10 Å². The summed E-state index contributed by atoms with van der Waals surface area (Å²) in [6.45, 7) is 6.87. The van der Waals surface area contributed by atoms with Gasteiger partial charge >= 0.3 is 0 Å². The van der Waals surface area contributed by atoms with Crippen LogP contribution in [0.3, 0.4) is 0 Å². The second-order valence-corrected chi connectivity index (χ2v) is 7.14. The number of ether oxygens (including phenoxy) is 1. The average Bonchev–Trinajstić information content (AvgIpc) is 2.38. The standard InChI is InChI=1S/C16H32N2O/c1-16(2)10-7-9-14(15(16)17-3)18(4)12-13-8-5-6-11-19-13/h13-15,17H,5-12H2,1-4H3. The zero-order valence-electron chi connectivity index (χ0n) is 13.2. The second-order valence-electron chi connectivity index (χ2n) is 7.14. The molecule has 2 rings (SSSR count). The zero-order chi connectivity index (χ0) is 13.9. The van der Waals surface area contributed by atoms with E-state index in [-0.39, 0.29) is 0 Å². The lowest BCUT2D eigenvalue weighted by Crippen LogP contribution is -2.58. The monoisotopic (exact) mass is 268 g/mol. The van der Waals surface area contributed by atoms with Crippen LogP contribution in [-0.2, 0) is 4.74 Å². The first-order chi connectivity index (χ1) is 9.04. The number of nitrogens with one attached hydrogen (secondary N) is 1. The largest absolute Gasteiger partial charge is 0.377 e. The molecular formula is C16H32N2O. The Bertz CT molecular complexity index is 274. The van der Waals surface area contributed by atoms with Gasteiger partial charge < -0.3 is 10.1 Å². The molecule has 19 heavy (non-hydrogen) atoms. The van der Waals surface area contributed by atoms with Gasteiger partial charge in [-0.25, -0.2) is 0 Å². The summed E-state index contributed by atoms with van der Waals surface area (Å²) in [5.74, 6) is 0. The van der Waals surface area contributed by atoms with Crippen molar-refractivity contribution in [3.63, 3.8) is 0 Å². The second kappa shape index (κ2) is 6.55. The number of likely N-dealkylation sites (N-methyl/N-ethyl adjacent to an activating group) is 2. The van der Waals surface area contributed by atoms with E-state index in [0.717, 1.165) is 13.2 Å². The maximum atomic E-state index is 5.90. The topological polar surface area (TPSA) is 24.5 Å². The number of hydrogen-bond donors (Lipinski definition) is 1. The van der Waals surface area contributed by atoms with Gasteiger partial charge in [-0.3, -0.25) is 4.90 Å². The van der Waals surface area contributed by atoms with Gasteiger partial charge in [0.25, 0.3) is 0 Å². The van der Waals surface area contributed by atoms with Crippen LogP contribution in [-0.4, -0.2) is 50.3 Å². The Morgan fingerprint density at radius 3 is 2.63 bits per heavy atom. The van der Waals surface area contributed by atoms with Gasteiger partial charge in [-0.2, -0.15) is 0 Å². The van der Waals surface area contributed by atoms with Crippen molar-refractivity contribution in [2.75, 3.05) is 27.2 Å². The van der Waals surface area contributed by atoms with E-state index in [2.05, 4.69) is 38.2 Å². The van der Waals surface area contributed by atoms with Gasteiger partial charge in [-0.15, -0.1) is 0 Å². The van der Waals surface area contributed by atoms with Crippen molar-refractivity contribution in [1.29, 1.82) is 0 Å². The highest BCUT2D eigenvalue weighted by molar-refractivity contribution is 4.97. The van der Waals surface area contributed by atoms with Crippen LogP contribution in [0.1, 0.15) is 52.4 Å². The molecule has 0 aromatic rings. The van der Waals surface area contributed by atoms with E-state index in [1.807, 2.05) is 0 Å². The Morgan fingerprint density at radius 1 is 1.21 bits per heavy atom. The molecule has 0 bridgehead atoms. The van der Waals surface area contributed by atoms with E-state index in [0.29, 0.717) is 23.6 Å². The smallest absolute Gasteiger partial charge is 0.0702 e. The molecule has 3 nitrogen and oxygen atoms in total. The van der Waals surface area contributed by atoms with E-state index in [4.69, 9.17) is 4.74 Å². The molecule has 0 spiro atoms. The van der Waals surface area contributed by atoms with Crippen molar-refractivity contribution in [3.8, 4) is 0 Å². The summed E-state index contributed by atoms with van der Waals surface area (Å²) < 4.78 is 5.90. The number of nitrogens with zero attached hydrogens (tertiary/aromatic N) is 1. The molecule has 3 heteroatoms. The van der Waals surface area contributed by atoms with Crippen LogP contribution in [0.15, 0.2) is 0 Å². The lowest BCUT2D eigenvalue weighted by atomic mass is 9.70. The molecule has 0 aromatic carbocycles. The Hall–Kier alpha value is -0.120. The summed E-state index contributed by atoms with van der Waals surface area (Å²) >= 11 is 0. The molecule has 1 saturated heterocycles. The summed E-state index contributed by atoms with van der Waals surface area (Å²) in [7, 11) is 4.41. The van der Waals surface area contributed by atoms with E-state index in [1.54, 1.807) is 0 Å². The molecular weight excluding hydrogens is 236 g/mol. The van der Waals surface area contributed by atoms with Crippen LogP contribution in [0.5, 0.6) is 0 Å². The van der Waals surface area contributed by atoms with Gasteiger partial charge in [0.1, 0.15) is 0 Å². The van der Waals surface area contributed by atoms with Crippen molar-refractivity contribution in [2.45, 2.75) is 70.6 Å². The SMILES string of the molecule is CNC1C(N(C)CC2CCCCO2)CCCC1(C)C. The first-order valence-corrected chi connectivity index (χ1v) is 8.03. The predicted molar refractivity (Wildman–Crippen MR) is 80.5 cm³/mol. The lowest BCUT2D eigenvalue weighted by Gasteiger charge is -2.48. The molecule has 0 radical (unpaired) electrons. The maximum absolute atomic E-state index is 5.90. The number of rotatable bonds is 4. The summed E-state index contributed by atoms with van der Waals surface area (Å²) in [5.41, 5.74) is 0.402. The van der Waals surface area contributed by atoms with Crippen LogP contribution < -0.4 is 5.32 Å². The Morgan fingerprint density at radius 2 is 2.00 bits per heavy atom. The molecule has 1 N–H and O–H groups in total. The molecule has 1 heterocycles. The van der Waals surface area contributed by atoms with Gasteiger partial charge in [0.2, 0.25) is 0 Å². The van der Waals surface area contributed by atoms with Gasteiger partial charge in [-0.05, 0) is 51.6 Å². The van der Waals surface area contributed by atoms with Crippen LogP contribution in [0, 0.1) is 5.41 Å². The summed E-state index contributed by atoms with van der Waals surface area (Å²) in [4.78, 5) is 2.55. The quantitative estimate of drug-likeness (QED) is 0.848. The molecule has 0 amide bonds. The first kappa shape index (κ1) is 15.3. The fraction of sp³-hybridized carbons (Fsp3) is 1.00. The fourth-order valence-corrected chi connectivity index (χ4v) is 4.08. The highest BCUT2D eigenvalue weighted by Crippen LogP contribution is 2.37. The van der Waals surface area contributed by atoms with E-state index in [1.165, 1.54) is 38.5 Å². The minimum absolute atomic E-state index is 0.402. The van der Waals surface area contributed by atoms with E-state index < -0.39 is 0 Å². The van der Waals surface area contributed by atoms with Crippen LogP contribution in [0.4, 0.5) is 0 Å². The minimum atomic E-state index is 0.402. The van der Waals surface area contributed by atoms with Crippen molar-refractivity contribution < 1.29 is 4.74 Å². The highest BCUT2D eigenvalue weighted by Gasteiger charge is 2.40. The third kappa shape index (κ3) is 3.71. The summed E-state index contributed by atoms with van der Waals surface area (Å²) in [5, 5.41) is 3.58. The van der Waals surface area contributed by atoms with Crippen molar-refractivity contribution >= 4 is 0 Å². The molecule has 0 aromatic heterocycles. The van der Waals surface area contributed by atoms with Crippen LogP contribution in [0.2, 0.25) is 0 Å². The fourth-order valence-electron chi connectivity index (χ4n) is 4.08. The van der Waals surface area contributed by atoms with Gasteiger partial charge in [0, 0.05) is 25.2 Å². The maximum Gasteiger partial charge on any atom is 0.0702 e. The zero-order valence-corrected chi connectivity index (χ0v) is 13.2. The molecule has 1 aliphatic carbocycles. The Balaban J connectivity index is 1.94. The molecule has 1 aliphatic heterocycles. The number of hydrogen-bond acceptors (Lipinski definition) is 3. The first-order valence-electron chi connectivity index (χ1n) is 8.03. The Labute approximate surface area is 119 Å². The Kier molecular flexibility index (Phi) is 5.27. The van der Waals surface area contributed by atoms with Crippen LogP contribution >= 0.6 is 0 Å². The van der Waals surface area contributed by atoms with Gasteiger partial charge in [-0.1, -0.05) is 20.3 Å². The summed E-state index contributed by atoms with van der Waals surface area (Å²) in [6.07, 6.45) is 8.29. The van der Waals surface area contributed by atoms with Crippen molar-refractivity contribution in [3.05, 3.63) is 0 Å². The molecule has 112 valence electrons. The lowest BCUT2D eigenvalue weighted by molar-refractivity contribution is -0.0228. The van der Waals surface area contributed by atoms with Crippen LogP contribution in [0.25, 0.3) is 0 Å². The highest BCUT2D eigenvalue weighted by atomic mass is 16.5. The predicted octanol–water partition coefficient (Wildman–Crippen LogP) is 2.65. The van der Waals surface area contributed by atoms with E-state index >= 15 is 0 Å². The molecule has 2 fully saturated rings. The summed E-state index contributed by atoms with van der Waals surface area (Å²) in [6, 6.07) is 1.24. The molecule has 3 unspecified atom stereocenters. The molecule has 2 aliphatic rings.